The summed E-state index contributed by atoms with van der Waals surface area (Å²) >= 11 is 1.54. The Morgan fingerprint density at radius 1 is 1.14 bits per heavy atom. The largest absolute Gasteiger partial charge is 0.466 e. The maximum Gasteiger partial charge on any atom is 0.308 e. The molecular formula is C28H27N3O4S. The van der Waals surface area contributed by atoms with Gasteiger partial charge in [0.2, 0.25) is 5.91 Å². The van der Waals surface area contributed by atoms with E-state index in [4.69, 9.17) is 10.00 Å². The van der Waals surface area contributed by atoms with Gasteiger partial charge in [-0.25, -0.2) is 0 Å². The topological polar surface area (TPSA) is 90.7 Å². The predicted octanol–water partition coefficient (Wildman–Crippen LogP) is 4.52. The van der Waals surface area contributed by atoms with E-state index >= 15 is 0 Å². The van der Waals surface area contributed by atoms with E-state index in [0.29, 0.717) is 23.2 Å². The van der Waals surface area contributed by atoms with Crippen molar-refractivity contribution in [3.8, 4) is 6.07 Å². The van der Waals surface area contributed by atoms with E-state index in [1.54, 1.807) is 25.3 Å². The number of nitriles is 1. The van der Waals surface area contributed by atoms with Gasteiger partial charge in [-0.05, 0) is 49.1 Å². The molecule has 2 amide bonds. The van der Waals surface area contributed by atoms with Crippen LogP contribution in [0.5, 0.6) is 0 Å². The maximum atomic E-state index is 13.9. The van der Waals surface area contributed by atoms with Crippen molar-refractivity contribution < 1.29 is 19.1 Å². The molecule has 1 aliphatic heterocycles. The van der Waals surface area contributed by atoms with Crippen molar-refractivity contribution in [1.82, 2.24) is 4.90 Å². The molecule has 8 heteroatoms. The Morgan fingerprint density at radius 2 is 1.92 bits per heavy atom. The van der Waals surface area contributed by atoms with Gasteiger partial charge in [0.25, 0.3) is 5.91 Å². The van der Waals surface area contributed by atoms with Gasteiger partial charge in [0, 0.05) is 17.3 Å². The second-order valence-electron chi connectivity index (χ2n) is 8.59. The van der Waals surface area contributed by atoms with Gasteiger partial charge < -0.3 is 14.5 Å². The van der Waals surface area contributed by atoms with Crippen LogP contribution in [0.15, 0.2) is 60.0 Å². The Kier molecular flexibility index (Phi) is 7.81. The van der Waals surface area contributed by atoms with Gasteiger partial charge in [0.1, 0.15) is 6.54 Å². The summed E-state index contributed by atoms with van der Waals surface area (Å²) in [5.41, 5.74) is 3.34. The molecule has 0 saturated heterocycles. The van der Waals surface area contributed by atoms with Gasteiger partial charge in [-0.3, -0.25) is 14.4 Å². The normalized spacial score (nSPS) is 14.1. The Morgan fingerprint density at radius 3 is 2.61 bits per heavy atom. The molecule has 0 spiro atoms. The maximum absolute atomic E-state index is 13.9. The summed E-state index contributed by atoms with van der Waals surface area (Å²) in [6.07, 6.45) is 1.39. The fourth-order valence-corrected chi connectivity index (χ4v) is 5.18. The van der Waals surface area contributed by atoms with Crippen LogP contribution >= 0.6 is 11.3 Å². The third-order valence-corrected chi connectivity index (χ3v) is 7.26. The number of fused-ring (bicyclic) bond motifs is 1. The lowest BCUT2D eigenvalue weighted by Gasteiger charge is -2.30. The number of hydrogen-bond donors (Lipinski definition) is 0. The molecular weight excluding hydrogens is 474 g/mol. The molecule has 0 aliphatic carbocycles. The number of nitrogens with zero attached hydrogens (tertiary/aromatic N) is 3. The first kappa shape index (κ1) is 25.1. The van der Waals surface area contributed by atoms with Crippen LogP contribution in [-0.4, -0.2) is 42.9 Å². The number of amides is 2. The number of rotatable bonds is 8. The van der Waals surface area contributed by atoms with E-state index in [2.05, 4.69) is 6.07 Å². The van der Waals surface area contributed by atoms with Gasteiger partial charge in [0.15, 0.2) is 0 Å². The molecule has 0 bridgehead atoms. The summed E-state index contributed by atoms with van der Waals surface area (Å²) in [7, 11) is 1.66. The number of likely N-dealkylation sites (N-methyl/N-ethyl adjacent to an activating group) is 1. The van der Waals surface area contributed by atoms with Crippen LogP contribution in [0.2, 0.25) is 0 Å². The van der Waals surface area contributed by atoms with Gasteiger partial charge in [-0.15, -0.1) is 11.3 Å². The monoisotopic (exact) mass is 501 g/mol. The number of aryl methyl sites for hydroxylation is 2. The molecule has 4 rings (SSSR count). The molecule has 0 radical (unpaired) electrons. The molecule has 2 heterocycles. The van der Waals surface area contributed by atoms with E-state index in [1.807, 2.05) is 60.0 Å². The van der Waals surface area contributed by atoms with Gasteiger partial charge in [0.05, 0.1) is 42.0 Å². The van der Waals surface area contributed by atoms with Crippen LogP contribution in [-0.2, 0) is 27.2 Å². The minimum absolute atomic E-state index is 0.0464. The first-order valence-electron chi connectivity index (χ1n) is 11.8. The van der Waals surface area contributed by atoms with E-state index < -0.39 is 12.0 Å². The first-order valence-corrected chi connectivity index (χ1v) is 12.7. The van der Waals surface area contributed by atoms with Crippen molar-refractivity contribution >= 4 is 34.8 Å². The number of anilines is 1. The molecule has 0 fully saturated rings. The average Bonchev–Trinajstić information content (AvgIpc) is 3.34. The quantitative estimate of drug-likeness (QED) is 0.424. The minimum Gasteiger partial charge on any atom is -0.466 e. The highest BCUT2D eigenvalue weighted by Crippen LogP contribution is 2.33. The van der Waals surface area contributed by atoms with Crippen molar-refractivity contribution in [3.63, 3.8) is 0 Å². The highest BCUT2D eigenvalue weighted by molar-refractivity contribution is 7.10. The molecule has 1 atom stereocenters. The fourth-order valence-electron chi connectivity index (χ4n) is 4.37. The number of esters is 1. The van der Waals surface area contributed by atoms with Crippen LogP contribution in [0.3, 0.4) is 0 Å². The smallest absolute Gasteiger partial charge is 0.308 e. The first-order chi connectivity index (χ1) is 17.4. The van der Waals surface area contributed by atoms with E-state index in [0.717, 1.165) is 22.4 Å². The lowest BCUT2D eigenvalue weighted by molar-refractivity contribution is -0.144. The highest BCUT2D eigenvalue weighted by atomic mass is 32.1. The number of thiophene rings is 1. The number of carbonyl (C=O) groups is 3. The average molecular weight is 502 g/mol. The molecule has 36 heavy (non-hydrogen) atoms. The second kappa shape index (κ2) is 11.2. The number of carbonyl (C=O) groups excluding carboxylic acids is 3. The van der Waals surface area contributed by atoms with Crippen molar-refractivity contribution in [2.75, 3.05) is 25.1 Å². The Bertz CT molecular complexity index is 1310. The van der Waals surface area contributed by atoms with Gasteiger partial charge >= 0.3 is 5.97 Å². The van der Waals surface area contributed by atoms with E-state index in [1.165, 1.54) is 9.80 Å². The summed E-state index contributed by atoms with van der Waals surface area (Å²) in [6, 6.07) is 18.2. The highest BCUT2D eigenvalue weighted by Gasteiger charge is 2.36. The molecule has 7 nitrogen and oxygen atoms in total. The lowest BCUT2D eigenvalue weighted by Crippen LogP contribution is -2.41. The van der Waals surface area contributed by atoms with Crippen LogP contribution < -0.4 is 4.90 Å². The van der Waals surface area contributed by atoms with Crippen LogP contribution in [0, 0.1) is 11.3 Å². The molecule has 3 aromatic rings. The minimum atomic E-state index is -0.639. The van der Waals surface area contributed by atoms with Crippen LogP contribution in [0.1, 0.15) is 51.3 Å². The van der Waals surface area contributed by atoms with Crippen molar-refractivity contribution in [1.29, 1.82) is 5.26 Å². The lowest BCUT2D eigenvalue weighted by atomic mass is 9.99. The SMILES string of the molecule is CCOC(=O)CC(c1ccccc1)N1CC(=O)N(C)c2ccc(CCc3cc(C#N)cs3)cc2C1=O. The number of hydrogen-bond acceptors (Lipinski definition) is 6. The van der Waals surface area contributed by atoms with Crippen molar-refractivity contribution in [2.45, 2.75) is 32.2 Å². The zero-order valence-electron chi connectivity index (χ0n) is 20.3. The molecule has 1 unspecified atom stereocenters. The molecule has 184 valence electrons. The molecule has 1 aromatic heterocycles. The molecule has 0 N–H and O–H groups in total. The number of benzene rings is 2. The summed E-state index contributed by atoms with van der Waals surface area (Å²) in [4.78, 5) is 43.6. The standard InChI is InChI=1S/C28H27N3O4S/c1-3-35-27(33)15-25(21-7-5-4-6-8-21)31-17-26(32)30(2)24-12-10-19(14-23(24)28(31)34)9-11-22-13-20(16-29)18-36-22/h4-8,10,12-14,18,25H,3,9,11,15,17H2,1-2H3. The Labute approximate surface area is 214 Å². The van der Waals surface area contributed by atoms with E-state index in [-0.39, 0.29) is 31.4 Å². The third-order valence-electron chi connectivity index (χ3n) is 6.26. The summed E-state index contributed by atoms with van der Waals surface area (Å²) in [6.45, 7) is 1.83. The van der Waals surface area contributed by atoms with Gasteiger partial charge in [-0.2, -0.15) is 5.26 Å². The third kappa shape index (κ3) is 5.47. The van der Waals surface area contributed by atoms with Crippen LogP contribution in [0.25, 0.3) is 0 Å². The molecule has 1 aliphatic rings. The van der Waals surface area contributed by atoms with E-state index in [9.17, 15) is 14.4 Å². The molecule has 2 aromatic carbocycles. The summed E-state index contributed by atoms with van der Waals surface area (Å²) in [5, 5.41) is 10.9. The van der Waals surface area contributed by atoms with Crippen molar-refractivity contribution in [2.24, 2.45) is 0 Å². The Hall–Kier alpha value is -3.96. The summed E-state index contributed by atoms with van der Waals surface area (Å²) < 4.78 is 5.18. The Balaban J connectivity index is 1.67. The fraction of sp³-hybridized carbons (Fsp3) is 0.286. The predicted molar refractivity (Wildman–Crippen MR) is 138 cm³/mol. The summed E-state index contributed by atoms with van der Waals surface area (Å²) in [5.74, 6) is -0.960. The second-order valence-corrected chi connectivity index (χ2v) is 9.58. The number of ether oxygens (including phenoxy) is 1. The van der Waals surface area contributed by atoms with Crippen LogP contribution in [0.4, 0.5) is 5.69 Å². The zero-order valence-corrected chi connectivity index (χ0v) is 21.1. The molecule has 0 saturated carbocycles. The zero-order chi connectivity index (χ0) is 25.7. The van der Waals surface area contributed by atoms with Gasteiger partial charge in [-0.1, -0.05) is 36.4 Å². The van der Waals surface area contributed by atoms with Crippen molar-refractivity contribution in [3.05, 3.63) is 87.1 Å².